The summed E-state index contributed by atoms with van der Waals surface area (Å²) in [5.74, 6) is -0.238. The lowest BCUT2D eigenvalue weighted by Gasteiger charge is -2.04. The van der Waals surface area contributed by atoms with E-state index >= 15 is 0 Å². The highest BCUT2D eigenvalue weighted by molar-refractivity contribution is 5.85. The number of rotatable bonds is 4. The molecule has 104 valence electrons. The number of carboxylic acid groups (broad SMARTS) is 1. The first kappa shape index (κ1) is 14.0. The molecule has 2 rings (SSSR count). The van der Waals surface area contributed by atoms with Crippen molar-refractivity contribution in [3.63, 3.8) is 0 Å². The molecule has 0 bridgehead atoms. The molecule has 5 nitrogen and oxygen atoms in total. The van der Waals surface area contributed by atoms with Gasteiger partial charge < -0.3 is 5.11 Å². The number of carboxylic acids is 1. The molecule has 0 saturated carbocycles. The Kier molecular flexibility index (Phi) is 3.98. The van der Waals surface area contributed by atoms with Gasteiger partial charge in [-0.05, 0) is 49.6 Å². The average molecular weight is 271 g/mol. The Morgan fingerprint density at radius 1 is 1.40 bits per heavy atom. The van der Waals surface area contributed by atoms with Gasteiger partial charge in [-0.3, -0.25) is 0 Å². The van der Waals surface area contributed by atoms with Crippen LogP contribution in [0.3, 0.4) is 0 Å². The fraction of sp³-hybridized carbons (Fsp3) is 0.267. The number of aliphatic carboxylic acids is 1. The normalized spacial score (nSPS) is 11.2. The molecule has 0 unspecified atom stereocenters. The van der Waals surface area contributed by atoms with E-state index in [2.05, 4.69) is 17.0 Å². The monoisotopic (exact) mass is 271 g/mol. The van der Waals surface area contributed by atoms with Crippen LogP contribution in [0.2, 0.25) is 0 Å². The Labute approximate surface area is 117 Å². The molecule has 0 aliphatic rings. The predicted molar refractivity (Wildman–Crippen MR) is 76.9 cm³/mol. The first-order chi connectivity index (χ1) is 9.52. The van der Waals surface area contributed by atoms with Crippen molar-refractivity contribution in [2.24, 2.45) is 0 Å². The predicted octanol–water partition coefficient (Wildman–Crippen LogP) is 2.54. The van der Waals surface area contributed by atoms with Crippen LogP contribution in [-0.2, 0) is 11.2 Å². The van der Waals surface area contributed by atoms with Gasteiger partial charge in [-0.25, -0.2) is 14.5 Å². The topological polar surface area (TPSA) is 68.0 Å². The number of carbonyl (C=O) groups is 1. The van der Waals surface area contributed by atoms with E-state index < -0.39 is 5.97 Å². The van der Waals surface area contributed by atoms with Crippen molar-refractivity contribution in [1.29, 1.82) is 0 Å². The molecule has 0 saturated heterocycles. The van der Waals surface area contributed by atoms with Crippen LogP contribution < -0.4 is 0 Å². The van der Waals surface area contributed by atoms with Gasteiger partial charge in [-0.1, -0.05) is 6.92 Å². The van der Waals surface area contributed by atoms with Gasteiger partial charge in [0.25, 0.3) is 0 Å². The lowest BCUT2D eigenvalue weighted by atomic mass is 10.1. The van der Waals surface area contributed by atoms with Crippen molar-refractivity contribution >= 4 is 12.0 Å². The van der Waals surface area contributed by atoms with Crippen LogP contribution in [0.1, 0.15) is 29.4 Å². The van der Waals surface area contributed by atoms with Gasteiger partial charge in [-0.15, -0.1) is 0 Å². The summed E-state index contributed by atoms with van der Waals surface area (Å²) < 4.78 is 1.82. The standard InChI is InChI=1S/C15H17N3O2/c1-4-13-10(2)17-18(11(13)3)14-7-5-12(9-16-14)6-8-15(19)20/h5-9H,4H2,1-3H3,(H,19,20)/b8-6+. The van der Waals surface area contributed by atoms with E-state index in [1.165, 1.54) is 11.6 Å². The number of aryl methyl sites for hydroxylation is 1. The SMILES string of the molecule is CCc1c(C)nn(-c2ccc(/C=C/C(=O)O)cn2)c1C. The van der Waals surface area contributed by atoms with Crippen molar-refractivity contribution < 1.29 is 9.90 Å². The van der Waals surface area contributed by atoms with Gasteiger partial charge in [0.1, 0.15) is 0 Å². The molecule has 1 N–H and O–H groups in total. The van der Waals surface area contributed by atoms with Gasteiger partial charge in [0, 0.05) is 18.0 Å². The Bertz CT molecular complexity index is 655. The fourth-order valence-corrected chi connectivity index (χ4v) is 2.20. The molecule has 0 aromatic carbocycles. The minimum Gasteiger partial charge on any atom is -0.478 e. The van der Waals surface area contributed by atoms with E-state index in [1.807, 2.05) is 30.7 Å². The van der Waals surface area contributed by atoms with Crippen LogP contribution in [-0.4, -0.2) is 25.8 Å². The Balaban J connectivity index is 2.33. The summed E-state index contributed by atoms with van der Waals surface area (Å²) in [6, 6.07) is 3.66. The van der Waals surface area contributed by atoms with Crippen LogP contribution in [0.4, 0.5) is 0 Å². The highest BCUT2D eigenvalue weighted by atomic mass is 16.4. The summed E-state index contributed by atoms with van der Waals surface area (Å²) in [7, 11) is 0. The van der Waals surface area contributed by atoms with Crippen LogP contribution in [0.5, 0.6) is 0 Å². The maximum absolute atomic E-state index is 10.5. The number of hydrogen-bond donors (Lipinski definition) is 1. The largest absolute Gasteiger partial charge is 0.478 e. The third kappa shape index (κ3) is 2.77. The van der Waals surface area contributed by atoms with Crippen LogP contribution in [0.15, 0.2) is 24.4 Å². The Hall–Kier alpha value is -2.43. The van der Waals surface area contributed by atoms with Crippen molar-refractivity contribution in [3.8, 4) is 5.82 Å². The van der Waals surface area contributed by atoms with Crippen LogP contribution in [0.25, 0.3) is 11.9 Å². The molecular weight excluding hydrogens is 254 g/mol. The molecule has 5 heteroatoms. The minimum atomic E-state index is -0.972. The van der Waals surface area contributed by atoms with Crippen molar-refractivity contribution in [2.45, 2.75) is 27.2 Å². The second-order valence-electron chi connectivity index (χ2n) is 4.54. The van der Waals surface area contributed by atoms with E-state index in [9.17, 15) is 4.79 Å². The van der Waals surface area contributed by atoms with Gasteiger partial charge in [0.05, 0.1) is 5.69 Å². The number of pyridine rings is 1. The maximum atomic E-state index is 10.5. The molecule has 0 radical (unpaired) electrons. The molecular formula is C15H17N3O2. The van der Waals surface area contributed by atoms with Gasteiger partial charge >= 0.3 is 5.97 Å². The molecule has 0 amide bonds. The second-order valence-corrected chi connectivity index (χ2v) is 4.54. The van der Waals surface area contributed by atoms with Crippen molar-refractivity contribution in [1.82, 2.24) is 14.8 Å². The second kappa shape index (κ2) is 5.69. The summed E-state index contributed by atoms with van der Waals surface area (Å²) >= 11 is 0. The van der Waals surface area contributed by atoms with Crippen molar-refractivity contribution in [2.75, 3.05) is 0 Å². The highest BCUT2D eigenvalue weighted by Gasteiger charge is 2.11. The summed E-state index contributed by atoms with van der Waals surface area (Å²) in [6.45, 7) is 6.12. The zero-order valence-corrected chi connectivity index (χ0v) is 11.8. The van der Waals surface area contributed by atoms with E-state index in [0.29, 0.717) is 0 Å². The highest BCUT2D eigenvalue weighted by Crippen LogP contribution is 2.17. The molecule has 0 fully saturated rings. The zero-order chi connectivity index (χ0) is 14.7. The van der Waals surface area contributed by atoms with E-state index in [-0.39, 0.29) is 0 Å². The van der Waals surface area contributed by atoms with E-state index in [1.54, 1.807) is 6.20 Å². The zero-order valence-electron chi connectivity index (χ0n) is 11.8. The number of hydrogen-bond acceptors (Lipinski definition) is 3. The summed E-state index contributed by atoms with van der Waals surface area (Å²) in [5, 5.41) is 13.1. The summed E-state index contributed by atoms with van der Waals surface area (Å²) in [4.78, 5) is 14.8. The number of nitrogens with zero attached hydrogens (tertiary/aromatic N) is 3. The molecule has 2 heterocycles. The number of aromatic nitrogens is 3. The van der Waals surface area contributed by atoms with Crippen molar-refractivity contribution in [3.05, 3.63) is 46.9 Å². The lowest BCUT2D eigenvalue weighted by molar-refractivity contribution is -0.131. The fourth-order valence-electron chi connectivity index (χ4n) is 2.20. The third-order valence-corrected chi connectivity index (χ3v) is 3.20. The Morgan fingerprint density at radius 3 is 2.65 bits per heavy atom. The smallest absolute Gasteiger partial charge is 0.328 e. The van der Waals surface area contributed by atoms with Gasteiger partial charge in [-0.2, -0.15) is 5.10 Å². The first-order valence-electron chi connectivity index (χ1n) is 6.45. The van der Waals surface area contributed by atoms with Crippen LogP contribution in [0, 0.1) is 13.8 Å². The van der Waals surface area contributed by atoms with Gasteiger partial charge in [0.15, 0.2) is 5.82 Å². The molecule has 0 aliphatic heterocycles. The van der Waals surface area contributed by atoms with E-state index in [0.717, 1.165) is 35.3 Å². The quantitative estimate of drug-likeness (QED) is 0.868. The third-order valence-electron chi connectivity index (χ3n) is 3.20. The molecule has 2 aromatic rings. The molecule has 0 spiro atoms. The lowest BCUT2D eigenvalue weighted by Crippen LogP contribution is -2.02. The molecule has 2 aromatic heterocycles. The molecule has 0 aliphatic carbocycles. The molecule has 0 atom stereocenters. The molecule has 20 heavy (non-hydrogen) atoms. The average Bonchev–Trinajstić information content (AvgIpc) is 2.72. The Morgan fingerprint density at radius 2 is 2.15 bits per heavy atom. The van der Waals surface area contributed by atoms with Gasteiger partial charge in [0.2, 0.25) is 0 Å². The summed E-state index contributed by atoms with van der Waals surface area (Å²) in [6.07, 6.45) is 5.18. The first-order valence-corrected chi connectivity index (χ1v) is 6.45. The maximum Gasteiger partial charge on any atom is 0.328 e. The van der Waals surface area contributed by atoms with E-state index in [4.69, 9.17) is 5.11 Å². The minimum absolute atomic E-state index is 0.734. The summed E-state index contributed by atoms with van der Waals surface area (Å²) in [5.41, 5.74) is 4.09. The van der Waals surface area contributed by atoms with Crippen LogP contribution >= 0.6 is 0 Å².